The van der Waals surface area contributed by atoms with Crippen molar-refractivity contribution >= 4 is 29.4 Å². The lowest BCUT2D eigenvalue weighted by molar-refractivity contribution is -0.142. The van der Waals surface area contributed by atoms with Crippen molar-refractivity contribution in [2.45, 2.75) is 18.9 Å². The van der Waals surface area contributed by atoms with Crippen molar-refractivity contribution in [1.82, 2.24) is 15.5 Å². The SMILES string of the molecule is COC(=O)CCC(NC(=O)c1ccc(Cl)nn1)C(=O)O. The van der Waals surface area contributed by atoms with Gasteiger partial charge in [-0.3, -0.25) is 9.59 Å². The largest absolute Gasteiger partial charge is 0.480 e. The maximum atomic E-state index is 11.7. The average molecular weight is 302 g/mol. The molecule has 0 aliphatic heterocycles. The van der Waals surface area contributed by atoms with Crippen LogP contribution in [-0.4, -0.2) is 46.3 Å². The summed E-state index contributed by atoms with van der Waals surface area (Å²) >= 11 is 5.52. The number of rotatable bonds is 6. The van der Waals surface area contributed by atoms with Crippen molar-refractivity contribution in [2.75, 3.05) is 7.11 Å². The highest BCUT2D eigenvalue weighted by Gasteiger charge is 2.22. The van der Waals surface area contributed by atoms with Crippen molar-refractivity contribution in [3.05, 3.63) is 23.0 Å². The number of methoxy groups -OCH3 is 1. The Bertz CT molecular complexity index is 505. The van der Waals surface area contributed by atoms with Crippen LogP contribution in [0.15, 0.2) is 12.1 Å². The third kappa shape index (κ3) is 4.81. The number of aromatic nitrogens is 2. The molecule has 108 valence electrons. The van der Waals surface area contributed by atoms with Crippen LogP contribution in [0.25, 0.3) is 0 Å². The van der Waals surface area contributed by atoms with Crippen LogP contribution < -0.4 is 5.32 Å². The first kappa shape index (κ1) is 15.8. The molecule has 1 unspecified atom stereocenters. The van der Waals surface area contributed by atoms with E-state index in [4.69, 9.17) is 16.7 Å². The van der Waals surface area contributed by atoms with E-state index in [1.54, 1.807) is 0 Å². The maximum Gasteiger partial charge on any atom is 0.326 e. The van der Waals surface area contributed by atoms with Crippen molar-refractivity contribution in [3.8, 4) is 0 Å². The molecule has 2 N–H and O–H groups in total. The Hall–Kier alpha value is -2.22. The van der Waals surface area contributed by atoms with E-state index in [1.165, 1.54) is 19.2 Å². The highest BCUT2D eigenvalue weighted by molar-refractivity contribution is 6.29. The molecule has 1 atom stereocenters. The van der Waals surface area contributed by atoms with Crippen LogP contribution in [0.2, 0.25) is 5.15 Å². The number of esters is 1. The zero-order chi connectivity index (χ0) is 15.1. The molecule has 0 saturated heterocycles. The zero-order valence-electron chi connectivity index (χ0n) is 10.5. The van der Waals surface area contributed by atoms with Gasteiger partial charge in [-0.05, 0) is 18.6 Å². The first-order chi connectivity index (χ1) is 9.43. The summed E-state index contributed by atoms with van der Waals surface area (Å²) in [5.74, 6) is -2.53. The number of hydrogen-bond donors (Lipinski definition) is 2. The van der Waals surface area contributed by atoms with Gasteiger partial charge >= 0.3 is 11.9 Å². The summed E-state index contributed by atoms with van der Waals surface area (Å²) in [7, 11) is 1.19. The minimum absolute atomic E-state index is 0.0706. The molecule has 1 aromatic rings. The molecule has 1 heterocycles. The minimum atomic E-state index is -1.26. The smallest absolute Gasteiger partial charge is 0.326 e. The molecule has 0 spiro atoms. The van der Waals surface area contributed by atoms with Gasteiger partial charge in [0.25, 0.3) is 5.91 Å². The monoisotopic (exact) mass is 301 g/mol. The number of ether oxygens (including phenoxy) is 1. The van der Waals surface area contributed by atoms with E-state index in [9.17, 15) is 14.4 Å². The second-order valence-electron chi connectivity index (χ2n) is 3.72. The van der Waals surface area contributed by atoms with Gasteiger partial charge in [-0.15, -0.1) is 10.2 Å². The summed E-state index contributed by atoms with van der Waals surface area (Å²) in [5.41, 5.74) is -0.0706. The van der Waals surface area contributed by atoms with Gasteiger partial charge in [0.05, 0.1) is 7.11 Å². The van der Waals surface area contributed by atoms with Gasteiger partial charge in [-0.1, -0.05) is 11.6 Å². The Morgan fingerprint density at radius 2 is 2.10 bits per heavy atom. The first-order valence-corrected chi connectivity index (χ1v) is 5.91. The normalized spacial score (nSPS) is 11.5. The van der Waals surface area contributed by atoms with Crippen LogP contribution in [0.4, 0.5) is 0 Å². The van der Waals surface area contributed by atoms with Gasteiger partial charge < -0.3 is 15.2 Å². The van der Waals surface area contributed by atoms with Gasteiger partial charge in [-0.2, -0.15) is 0 Å². The molecular formula is C11H12ClN3O5. The molecule has 0 aliphatic rings. The predicted molar refractivity (Wildman–Crippen MR) is 67.2 cm³/mol. The number of aliphatic carboxylic acids is 1. The summed E-state index contributed by atoms with van der Waals surface area (Å²) in [6, 6.07) is 1.44. The Morgan fingerprint density at radius 3 is 2.60 bits per heavy atom. The summed E-state index contributed by atoms with van der Waals surface area (Å²) in [6.07, 6.45) is -0.213. The number of amides is 1. The van der Waals surface area contributed by atoms with E-state index in [0.717, 1.165) is 0 Å². The summed E-state index contributed by atoms with van der Waals surface area (Å²) < 4.78 is 4.40. The lowest BCUT2D eigenvalue weighted by atomic mass is 10.1. The minimum Gasteiger partial charge on any atom is -0.480 e. The van der Waals surface area contributed by atoms with Gasteiger partial charge in [-0.25, -0.2) is 4.79 Å². The van der Waals surface area contributed by atoms with Crippen LogP contribution >= 0.6 is 11.6 Å². The lowest BCUT2D eigenvalue weighted by Crippen LogP contribution is -2.41. The number of nitrogens with one attached hydrogen (secondary N) is 1. The molecular weight excluding hydrogens is 290 g/mol. The van der Waals surface area contributed by atoms with Crippen LogP contribution in [0.5, 0.6) is 0 Å². The maximum absolute atomic E-state index is 11.7. The number of carbonyl (C=O) groups excluding carboxylic acids is 2. The molecule has 0 radical (unpaired) electrons. The Kier molecular flexibility index (Phi) is 5.85. The fourth-order valence-electron chi connectivity index (χ4n) is 1.29. The highest BCUT2D eigenvalue weighted by atomic mass is 35.5. The Labute approximate surface area is 119 Å². The molecule has 0 aliphatic carbocycles. The third-order valence-corrected chi connectivity index (χ3v) is 2.53. The lowest BCUT2D eigenvalue weighted by Gasteiger charge is -2.13. The molecule has 0 saturated carbocycles. The summed E-state index contributed by atoms with van der Waals surface area (Å²) in [4.78, 5) is 33.7. The van der Waals surface area contributed by atoms with Gasteiger partial charge in [0.1, 0.15) is 6.04 Å². The number of halogens is 1. The fraction of sp³-hybridized carbons (Fsp3) is 0.364. The van der Waals surface area contributed by atoms with Crippen molar-refractivity contribution < 1.29 is 24.2 Å². The number of carbonyl (C=O) groups is 3. The zero-order valence-corrected chi connectivity index (χ0v) is 11.3. The summed E-state index contributed by atoms with van der Waals surface area (Å²) in [5, 5.41) is 18.3. The van der Waals surface area contributed by atoms with Crippen molar-refractivity contribution in [1.29, 1.82) is 0 Å². The third-order valence-electron chi connectivity index (χ3n) is 2.33. The topological polar surface area (TPSA) is 118 Å². The first-order valence-electron chi connectivity index (χ1n) is 5.53. The van der Waals surface area contributed by atoms with Crippen molar-refractivity contribution in [2.24, 2.45) is 0 Å². The van der Waals surface area contributed by atoms with E-state index >= 15 is 0 Å². The Morgan fingerprint density at radius 1 is 1.40 bits per heavy atom. The summed E-state index contributed by atoms with van der Waals surface area (Å²) in [6.45, 7) is 0. The predicted octanol–water partition coefficient (Wildman–Crippen LogP) is 0.266. The second-order valence-corrected chi connectivity index (χ2v) is 4.11. The molecule has 8 nitrogen and oxygen atoms in total. The van der Waals surface area contributed by atoms with E-state index < -0.39 is 23.9 Å². The number of nitrogens with zero attached hydrogens (tertiary/aromatic N) is 2. The second kappa shape index (κ2) is 7.39. The molecule has 9 heteroatoms. The molecule has 0 fully saturated rings. The van der Waals surface area contributed by atoms with E-state index in [-0.39, 0.29) is 23.7 Å². The van der Waals surface area contributed by atoms with E-state index in [0.29, 0.717) is 0 Å². The Balaban J connectivity index is 2.65. The molecule has 1 rings (SSSR count). The van der Waals surface area contributed by atoms with Gasteiger partial charge in [0, 0.05) is 6.42 Å². The van der Waals surface area contributed by atoms with Crippen LogP contribution in [0.3, 0.4) is 0 Å². The molecule has 1 aromatic heterocycles. The van der Waals surface area contributed by atoms with Gasteiger partial charge in [0.15, 0.2) is 10.8 Å². The molecule has 0 aromatic carbocycles. The standard InChI is InChI=1S/C11H12ClN3O5/c1-20-9(16)5-3-7(11(18)19)13-10(17)6-2-4-8(12)15-14-6/h2,4,7H,3,5H2,1H3,(H,13,17)(H,18,19). The average Bonchev–Trinajstić information content (AvgIpc) is 2.43. The molecule has 1 amide bonds. The van der Waals surface area contributed by atoms with Crippen LogP contribution in [0, 0.1) is 0 Å². The highest BCUT2D eigenvalue weighted by Crippen LogP contribution is 2.04. The van der Waals surface area contributed by atoms with Crippen LogP contribution in [-0.2, 0) is 14.3 Å². The fourth-order valence-corrected chi connectivity index (χ4v) is 1.39. The van der Waals surface area contributed by atoms with Crippen molar-refractivity contribution in [3.63, 3.8) is 0 Å². The number of hydrogen-bond acceptors (Lipinski definition) is 6. The molecule has 20 heavy (non-hydrogen) atoms. The van der Waals surface area contributed by atoms with Gasteiger partial charge in [0.2, 0.25) is 0 Å². The van der Waals surface area contributed by atoms with E-state index in [1.807, 2.05) is 0 Å². The number of carboxylic acids is 1. The quantitative estimate of drug-likeness (QED) is 0.724. The number of carboxylic acid groups (broad SMARTS) is 1. The van der Waals surface area contributed by atoms with Crippen LogP contribution in [0.1, 0.15) is 23.3 Å². The molecule has 0 bridgehead atoms. The van der Waals surface area contributed by atoms with E-state index in [2.05, 4.69) is 20.3 Å².